The predicted octanol–water partition coefficient (Wildman–Crippen LogP) is 5.06. The molecule has 1 atom stereocenters. The summed E-state index contributed by atoms with van der Waals surface area (Å²) in [6, 6.07) is 11.4. The Morgan fingerprint density at radius 3 is 2.52 bits per heavy atom. The van der Waals surface area contributed by atoms with Crippen LogP contribution in [0.4, 0.5) is 5.69 Å². The summed E-state index contributed by atoms with van der Waals surface area (Å²) in [5, 5.41) is 3.57. The first-order valence-electron chi connectivity index (χ1n) is 7.71. The van der Waals surface area contributed by atoms with E-state index in [1.165, 1.54) is 0 Å². The summed E-state index contributed by atoms with van der Waals surface area (Å²) in [4.78, 5) is 12.5. The molecule has 0 saturated heterocycles. The Morgan fingerprint density at radius 2 is 1.87 bits per heavy atom. The van der Waals surface area contributed by atoms with Gasteiger partial charge in [0.1, 0.15) is 5.75 Å². The van der Waals surface area contributed by atoms with Crippen molar-refractivity contribution in [2.24, 2.45) is 0 Å². The van der Waals surface area contributed by atoms with Crippen molar-refractivity contribution in [2.45, 2.75) is 40.2 Å². The van der Waals surface area contributed by atoms with Gasteiger partial charge in [0.15, 0.2) is 6.10 Å². The summed E-state index contributed by atoms with van der Waals surface area (Å²) in [7, 11) is 0. The highest BCUT2D eigenvalue weighted by molar-refractivity contribution is 6.30. The fraction of sp³-hybridized carbons (Fsp3) is 0.316. The first-order chi connectivity index (χ1) is 10.9. The first kappa shape index (κ1) is 17.4. The van der Waals surface area contributed by atoms with E-state index in [-0.39, 0.29) is 5.91 Å². The van der Waals surface area contributed by atoms with E-state index in [1.54, 1.807) is 12.1 Å². The molecule has 2 aromatic carbocycles. The number of hydrogen-bond donors (Lipinski definition) is 1. The van der Waals surface area contributed by atoms with E-state index in [9.17, 15) is 4.79 Å². The number of halogens is 1. The monoisotopic (exact) mass is 331 g/mol. The first-order valence-corrected chi connectivity index (χ1v) is 8.09. The Bertz CT molecular complexity index is 713. The largest absolute Gasteiger partial charge is 0.480 e. The van der Waals surface area contributed by atoms with Crippen LogP contribution in [-0.2, 0) is 4.79 Å². The molecule has 2 aromatic rings. The number of aryl methyl sites for hydroxylation is 3. The minimum Gasteiger partial charge on any atom is -0.480 e. The molecule has 3 nitrogen and oxygen atoms in total. The third kappa shape index (κ3) is 4.49. The second-order valence-electron chi connectivity index (χ2n) is 5.73. The van der Waals surface area contributed by atoms with Gasteiger partial charge in [0.2, 0.25) is 0 Å². The zero-order valence-electron chi connectivity index (χ0n) is 13.9. The van der Waals surface area contributed by atoms with Crippen molar-refractivity contribution in [3.8, 4) is 5.75 Å². The van der Waals surface area contributed by atoms with Gasteiger partial charge in [-0.25, -0.2) is 0 Å². The Balaban J connectivity index is 2.13. The van der Waals surface area contributed by atoms with Gasteiger partial charge < -0.3 is 10.1 Å². The molecule has 23 heavy (non-hydrogen) atoms. The number of benzene rings is 2. The Hall–Kier alpha value is -2.00. The molecule has 0 fully saturated rings. The number of carbonyl (C=O) groups is 1. The van der Waals surface area contributed by atoms with E-state index in [0.29, 0.717) is 11.4 Å². The summed E-state index contributed by atoms with van der Waals surface area (Å²) >= 11 is 5.95. The van der Waals surface area contributed by atoms with Gasteiger partial charge in [0, 0.05) is 10.7 Å². The topological polar surface area (TPSA) is 38.3 Å². The second-order valence-corrected chi connectivity index (χ2v) is 6.17. The number of nitrogens with one attached hydrogen (secondary N) is 1. The fourth-order valence-corrected chi connectivity index (χ4v) is 2.52. The number of carbonyl (C=O) groups excluding carboxylic acids is 1. The Morgan fingerprint density at radius 1 is 1.13 bits per heavy atom. The molecule has 0 spiro atoms. The van der Waals surface area contributed by atoms with Crippen molar-refractivity contribution < 1.29 is 9.53 Å². The van der Waals surface area contributed by atoms with Gasteiger partial charge in [-0.15, -0.1) is 0 Å². The van der Waals surface area contributed by atoms with E-state index in [1.807, 2.05) is 52.0 Å². The van der Waals surface area contributed by atoms with Crippen LogP contribution in [0.5, 0.6) is 5.75 Å². The molecule has 1 N–H and O–H groups in total. The third-order valence-corrected chi connectivity index (χ3v) is 3.96. The molecule has 0 saturated carbocycles. The lowest BCUT2D eigenvalue weighted by Gasteiger charge is -2.19. The second kappa shape index (κ2) is 7.51. The summed E-state index contributed by atoms with van der Waals surface area (Å²) in [6.45, 7) is 7.82. The molecule has 0 bridgehead atoms. The van der Waals surface area contributed by atoms with Crippen molar-refractivity contribution in [2.75, 3.05) is 5.32 Å². The zero-order valence-corrected chi connectivity index (χ0v) is 14.7. The average Bonchev–Trinajstić information content (AvgIpc) is 2.50. The molecular formula is C19H22ClNO2. The minimum absolute atomic E-state index is 0.154. The summed E-state index contributed by atoms with van der Waals surface area (Å²) in [5.41, 5.74) is 3.80. The maximum atomic E-state index is 12.5. The molecule has 0 aliphatic carbocycles. The standard InChI is InChI=1S/C19H22ClNO2/c1-5-17(23-18-10-12(2)6-7-13(18)3)19(22)21-16-9-8-15(20)11-14(16)4/h6-11,17H,5H2,1-4H3,(H,21,22)/t17-/m0/s1. The smallest absolute Gasteiger partial charge is 0.265 e. The summed E-state index contributed by atoms with van der Waals surface area (Å²) in [6.07, 6.45) is 0.0526. The highest BCUT2D eigenvalue weighted by Crippen LogP contribution is 2.23. The van der Waals surface area contributed by atoms with Crippen LogP contribution in [0.3, 0.4) is 0 Å². The molecule has 0 aromatic heterocycles. The average molecular weight is 332 g/mol. The molecule has 4 heteroatoms. The lowest BCUT2D eigenvalue weighted by molar-refractivity contribution is -0.122. The van der Waals surface area contributed by atoms with Gasteiger partial charge in [-0.05, 0) is 68.1 Å². The molecule has 1 amide bonds. The normalized spacial score (nSPS) is 11.9. The Kier molecular flexibility index (Phi) is 5.67. The van der Waals surface area contributed by atoms with E-state index in [2.05, 4.69) is 5.32 Å². The maximum Gasteiger partial charge on any atom is 0.265 e. The van der Waals surface area contributed by atoms with Crippen LogP contribution >= 0.6 is 11.6 Å². The number of anilines is 1. The van der Waals surface area contributed by atoms with Gasteiger partial charge in [0.05, 0.1) is 0 Å². The number of amides is 1. The van der Waals surface area contributed by atoms with Crippen LogP contribution in [0.2, 0.25) is 5.02 Å². The van der Waals surface area contributed by atoms with Crippen molar-refractivity contribution in [1.82, 2.24) is 0 Å². The third-order valence-electron chi connectivity index (χ3n) is 3.72. The van der Waals surface area contributed by atoms with Gasteiger partial charge >= 0.3 is 0 Å². The quantitative estimate of drug-likeness (QED) is 0.831. The number of rotatable bonds is 5. The minimum atomic E-state index is -0.537. The maximum absolute atomic E-state index is 12.5. The highest BCUT2D eigenvalue weighted by atomic mass is 35.5. The zero-order chi connectivity index (χ0) is 17.0. The van der Waals surface area contributed by atoms with E-state index >= 15 is 0 Å². The predicted molar refractivity (Wildman–Crippen MR) is 95.4 cm³/mol. The van der Waals surface area contributed by atoms with Crippen LogP contribution < -0.4 is 10.1 Å². The lowest BCUT2D eigenvalue weighted by atomic mass is 10.1. The van der Waals surface area contributed by atoms with Crippen molar-refractivity contribution >= 4 is 23.2 Å². The van der Waals surface area contributed by atoms with Gasteiger partial charge in [0.25, 0.3) is 5.91 Å². The van der Waals surface area contributed by atoms with E-state index < -0.39 is 6.10 Å². The van der Waals surface area contributed by atoms with Crippen LogP contribution in [-0.4, -0.2) is 12.0 Å². The fourth-order valence-electron chi connectivity index (χ4n) is 2.29. The van der Waals surface area contributed by atoms with Crippen LogP contribution in [0.25, 0.3) is 0 Å². The van der Waals surface area contributed by atoms with E-state index in [0.717, 1.165) is 28.1 Å². The molecule has 0 aliphatic heterocycles. The Labute approximate surface area is 142 Å². The summed E-state index contributed by atoms with van der Waals surface area (Å²) in [5.74, 6) is 0.596. The molecule has 0 heterocycles. The van der Waals surface area contributed by atoms with Gasteiger partial charge in [-0.2, -0.15) is 0 Å². The van der Waals surface area contributed by atoms with Crippen molar-refractivity contribution in [3.05, 3.63) is 58.1 Å². The van der Waals surface area contributed by atoms with Gasteiger partial charge in [-0.1, -0.05) is 30.7 Å². The molecule has 0 aliphatic rings. The van der Waals surface area contributed by atoms with Crippen LogP contribution in [0, 0.1) is 20.8 Å². The molecule has 0 radical (unpaired) electrons. The van der Waals surface area contributed by atoms with E-state index in [4.69, 9.17) is 16.3 Å². The summed E-state index contributed by atoms with van der Waals surface area (Å²) < 4.78 is 5.93. The van der Waals surface area contributed by atoms with Gasteiger partial charge in [-0.3, -0.25) is 4.79 Å². The van der Waals surface area contributed by atoms with Crippen LogP contribution in [0.1, 0.15) is 30.0 Å². The van der Waals surface area contributed by atoms with Crippen molar-refractivity contribution in [1.29, 1.82) is 0 Å². The number of ether oxygens (including phenoxy) is 1. The highest BCUT2D eigenvalue weighted by Gasteiger charge is 2.20. The molecule has 0 unspecified atom stereocenters. The number of hydrogen-bond acceptors (Lipinski definition) is 2. The molecule has 2 rings (SSSR count). The molecule has 122 valence electrons. The molecular weight excluding hydrogens is 310 g/mol. The SMILES string of the molecule is CC[C@H](Oc1cc(C)ccc1C)C(=O)Nc1ccc(Cl)cc1C. The van der Waals surface area contributed by atoms with Crippen molar-refractivity contribution in [3.63, 3.8) is 0 Å². The van der Waals surface area contributed by atoms with Crippen LogP contribution in [0.15, 0.2) is 36.4 Å². The lowest BCUT2D eigenvalue weighted by Crippen LogP contribution is -2.32.